The molecule has 2 fully saturated rings. The number of likely N-dealkylation sites (N-methyl/N-ethyl adjacent to an activating group) is 1. The summed E-state index contributed by atoms with van der Waals surface area (Å²) in [7, 11) is 1.79. The summed E-state index contributed by atoms with van der Waals surface area (Å²) >= 11 is 0. The van der Waals surface area contributed by atoms with Crippen molar-refractivity contribution in [3.8, 4) is 0 Å². The molecule has 0 saturated carbocycles. The molecule has 25 heavy (non-hydrogen) atoms. The fraction of sp³-hybridized carbons (Fsp3) is 0.600. The molecule has 0 unspecified atom stereocenters. The molecule has 5 heteroatoms. The number of aliphatic hydroxyl groups excluding tert-OH is 1. The van der Waals surface area contributed by atoms with Crippen molar-refractivity contribution in [1.29, 1.82) is 0 Å². The second-order valence-corrected chi connectivity index (χ2v) is 7.80. The van der Waals surface area contributed by atoms with Crippen LogP contribution in [0.4, 0.5) is 0 Å². The molecule has 0 bridgehead atoms. The molecule has 5 nitrogen and oxygen atoms in total. The Balaban J connectivity index is 1.76. The first-order valence-electron chi connectivity index (χ1n) is 9.15. The highest BCUT2D eigenvalue weighted by atomic mass is 16.3. The van der Waals surface area contributed by atoms with Gasteiger partial charge in [-0.25, -0.2) is 0 Å². The van der Waals surface area contributed by atoms with Gasteiger partial charge in [-0.1, -0.05) is 44.2 Å². The molecule has 1 aromatic carbocycles. The summed E-state index contributed by atoms with van der Waals surface area (Å²) in [5, 5.41) is 10.8. The molecule has 0 aromatic heterocycles. The zero-order valence-corrected chi connectivity index (χ0v) is 15.3. The Hall–Kier alpha value is -1.88. The van der Waals surface area contributed by atoms with Gasteiger partial charge >= 0.3 is 0 Å². The van der Waals surface area contributed by atoms with Crippen LogP contribution in [0.15, 0.2) is 30.3 Å². The van der Waals surface area contributed by atoms with E-state index in [0.29, 0.717) is 32.4 Å². The molecule has 2 aliphatic rings. The quantitative estimate of drug-likeness (QED) is 0.895. The molecule has 2 aliphatic heterocycles. The minimum absolute atomic E-state index is 0.0215. The Morgan fingerprint density at radius 1 is 1.20 bits per heavy atom. The zero-order valence-electron chi connectivity index (χ0n) is 15.3. The van der Waals surface area contributed by atoms with Gasteiger partial charge in [-0.15, -0.1) is 0 Å². The Morgan fingerprint density at radius 2 is 1.80 bits per heavy atom. The van der Waals surface area contributed by atoms with Crippen LogP contribution < -0.4 is 0 Å². The van der Waals surface area contributed by atoms with E-state index in [1.54, 1.807) is 11.9 Å². The van der Waals surface area contributed by atoms with Crippen molar-refractivity contribution in [3.63, 3.8) is 0 Å². The van der Waals surface area contributed by atoms with Crippen LogP contribution in [0, 0.1) is 11.3 Å². The van der Waals surface area contributed by atoms with Gasteiger partial charge in [0.2, 0.25) is 11.8 Å². The summed E-state index contributed by atoms with van der Waals surface area (Å²) < 4.78 is 0. The highest BCUT2D eigenvalue weighted by Gasteiger charge is 2.51. The topological polar surface area (TPSA) is 60.9 Å². The molecular weight excluding hydrogens is 316 g/mol. The predicted octanol–water partition coefficient (Wildman–Crippen LogP) is 2.22. The molecule has 2 atom stereocenters. The van der Waals surface area contributed by atoms with Crippen molar-refractivity contribution in [2.75, 3.05) is 20.1 Å². The van der Waals surface area contributed by atoms with E-state index in [4.69, 9.17) is 0 Å². The van der Waals surface area contributed by atoms with Gasteiger partial charge < -0.3 is 14.9 Å². The number of piperidine rings is 2. The number of rotatable bonds is 2. The van der Waals surface area contributed by atoms with E-state index in [1.807, 2.05) is 49.1 Å². The first-order valence-corrected chi connectivity index (χ1v) is 9.15. The molecule has 136 valence electrons. The van der Waals surface area contributed by atoms with Crippen molar-refractivity contribution in [2.45, 2.75) is 45.3 Å². The van der Waals surface area contributed by atoms with Gasteiger partial charge in [0.1, 0.15) is 0 Å². The van der Waals surface area contributed by atoms with Crippen LogP contribution in [0.5, 0.6) is 0 Å². The maximum absolute atomic E-state index is 13.2. The highest BCUT2D eigenvalue weighted by molar-refractivity contribution is 5.85. The second-order valence-electron chi connectivity index (χ2n) is 7.80. The fourth-order valence-electron chi connectivity index (χ4n) is 4.39. The van der Waals surface area contributed by atoms with E-state index in [-0.39, 0.29) is 23.8 Å². The molecule has 2 saturated heterocycles. The summed E-state index contributed by atoms with van der Waals surface area (Å²) in [5.74, 6) is 0.226. The standard InChI is InChI=1S/C20H28N2O3/c1-14(2)18(24)22-11-9-20(10-12-22)13-16(23)17(21(3)19(20)25)15-7-5-4-6-8-15/h4-8,14,16-17,23H,9-13H2,1-3H3/t16-,17+/m1/s1. The van der Waals surface area contributed by atoms with Crippen LogP contribution in [0.1, 0.15) is 44.7 Å². The minimum Gasteiger partial charge on any atom is -0.391 e. The van der Waals surface area contributed by atoms with E-state index in [2.05, 4.69) is 0 Å². The molecule has 1 N–H and O–H groups in total. The van der Waals surface area contributed by atoms with Crippen molar-refractivity contribution in [2.24, 2.45) is 11.3 Å². The summed E-state index contributed by atoms with van der Waals surface area (Å²) in [6, 6.07) is 9.42. The van der Waals surface area contributed by atoms with Crippen LogP contribution in [0.2, 0.25) is 0 Å². The lowest BCUT2D eigenvalue weighted by Crippen LogP contribution is -2.58. The van der Waals surface area contributed by atoms with E-state index in [1.165, 1.54) is 0 Å². The van der Waals surface area contributed by atoms with Gasteiger partial charge in [0.05, 0.1) is 17.6 Å². The molecule has 2 heterocycles. The van der Waals surface area contributed by atoms with Gasteiger partial charge in [-0.2, -0.15) is 0 Å². The lowest BCUT2D eigenvalue weighted by atomic mass is 9.68. The molecule has 2 amide bonds. The van der Waals surface area contributed by atoms with Gasteiger partial charge in [-0.3, -0.25) is 9.59 Å². The normalized spacial score (nSPS) is 26.4. The second kappa shape index (κ2) is 6.79. The Bertz CT molecular complexity index is 636. The largest absolute Gasteiger partial charge is 0.391 e. The monoisotopic (exact) mass is 344 g/mol. The number of likely N-dealkylation sites (tertiary alicyclic amines) is 2. The summed E-state index contributed by atoms with van der Waals surface area (Å²) in [6.45, 7) is 5.00. The number of nitrogens with zero attached hydrogens (tertiary/aromatic N) is 2. The Labute approximate surface area is 149 Å². The zero-order chi connectivity index (χ0) is 18.2. The lowest BCUT2D eigenvalue weighted by molar-refractivity contribution is -0.163. The number of carbonyl (C=O) groups excluding carboxylic acids is 2. The maximum atomic E-state index is 13.2. The molecule has 3 rings (SSSR count). The first kappa shape index (κ1) is 17.9. The van der Waals surface area contributed by atoms with E-state index < -0.39 is 11.5 Å². The number of hydrogen-bond donors (Lipinski definition) is 1. The van der Waals surface area contributed by atoms with Gasteiger partial charge in [0, 0.05) is 26.1 Å². The van der Waals surface area contributed by atoms with Crippen LogP contribution in [0.25, 0.3) is 0 Å². The summed E-state index contributed by atoms with van der Waals surface area (Å²) in [6.07, 6.45) is 1.15. The van der Waals surface area contributed by atoms with Gasteiger partial charge in [0.25, 0.3) is 0 Å². The highest BCUT2D eigenvalue weighted by Crippen LogP contribution is 2.46. The SMILES string of the molecule is CC(C)C(=O)N1CCC2(CC1)C[C@@H](O)[C@H](c1ccccc1)N(C)C2=O. The number of benzene rings is 1. The van der Waals surface area contributed by atoms with Crippen molar-refractivity contribution in [3.05, 3.63) is 35.9 Å². The van der Waals surface area contributed by atoms with E-state index in [9.17, 15) is 14.7 Å². The summed E-state index contributed by atoms with van der Waals surface area (Å²) in [5.41, 5.74) is 0.431. The maximum Gasteiger partial charge on any atom is 0.229 e. The lowest BCUT2D eigenvalue weighted by Gasteiger charge is -2.50. The van der Waals surface area contributed by atoms with Gasteiger partial charge in [0.15, 0.2) is 0 Å². The third-order valence-corrected chi connectivity index (χ3v) is 5.82. The number of carbonyl (C=O) groups is 2. The fourth-order valence-corrected chi connectivity index (χ4v) is 4.39. The van der Waals surface area contributed by atoms with Crippen LogP contribution in [-0.2, 0) is 9.59 Å². The predicted molar refractivity (Wildman–Crippen MR) is 95.7 cm³/mol. The molecule has 1 aromatic rings. The molecular formula is C20H28N2O3. The van der Waals surface area contributed by atoms with Crippen LogP contribution in [-0.4, -0.2) is 53.0 Å². The van der Waals surface area contributed by atoms with Gasteiger partial charge in [-0.05, 0) is 24.8 Å². The molecule has 1 spiro atoms. The number of hydrogen-bond acceptors (Lipinski definition) is 3. The average Bonchev–Trinajstić information content (AvgIpc) is 2.61. The van der Waals surface area contributed by atoms with Crippen LogP contribution in [0.3, 0.4) is 0 Å². The van der Waals surface area contributed by atoms with Crippen LogP contribution >= 0.6 is 0 Å². The molecule has 0 radical (unpaired) electrons. The van der Waals surface area contributed by atoms with E-state index in [0.717, 1.165) is 5.56 Å². The first-order chi connectivity index (χ1) is 11.9. The van der Waals surface area contributed by atoms with Crippen molar-refractivity contribution >= 4 is 11.8 Å². The third kappa shape index (κ3) is 3.17. The summed E-state index contributed by atoms with van der Waals surface area (Å²) in [4.78, 5) is 28.9. The number of aliphatic hydroxyl groups is 1. The Morgan fingerprint density at radius 3 is 2.36 bits per heavy atom. The minimum atomic E-state index is -0.586. The number of amides is 2. The smallest absolute Gasteiger partial charge is 0.229 e. The van der Waals surface area contributed by atoms with Crippen molar-refractivity contribution < 1.29 is 14.7 Å². The molecule has 0 aliphatic carbocycles. The van der Waals surface area contributed by atoms with E-state index >= 15 is 0 Å². The van der Waals surface area contributed by atoms with Crippen molar-refractivity contribution in [1.82, 2.24) is 9.80 Å². The Kier molecular flexibility index (Phi) is 4.87. The average molecular weight is 344 g/mol. The third-order valence-electron chi connectivity index (χ3n) is 5.82.